The SMILES string of the molecule is CC(N)CCNC(=O)Nc1cc(Cl)cc(Cl)c1. The summed E-state index contributed by atoms with van der Waals surface area (Å²) in [5, 5.41) is 6.27. The van der Waals surface area contributed by atoms with Gasteiger partial charge in [0, 0.05) is 28.3 Å². The van der Waals surface area contributed by atoms with Gasteiger partial charge < -0.3 is 16.4 Å². The molecule has 94 valence electrons. The molecule has 1 unspecified atom stereocenters. The lowest BCUT2D eigenvalue weighted by molar-refractivity contribution is 0.252. The molecule has 0 aliphatic heterocycles. The summed E-state index contributed by atoms with van der Waals surface area (Å²) in [6, 6.07) is 4.61. The molecule has 2 amide bonds. The fourth-order valence-electron chi connectivity index (χ4n) is 1.21. The first-order chi connectivity index (χ1) is 7.97. The predicted octanol–water partition coefficient (Wildman–Crippen LogP) is 2.85. The predicted molar refractivity (Wildman–Crippen MR) is 71.7 cm³/mol. The van der Waals surface area contributed by atoms with Gasteiger partial charge in [0.2, 0.25) is 0 Å². The first kappa shape index (κ1) is 14.1. The summed E-state index contributed by atoms with van der Waals surface area (Å²) in [7, 11) is 0. The van der Waals surface area contributed by atoms with Crippen molar-refractivity contribution < 1.29 is 4.79 Å². The number of hydrogen-bond donors (Lipinski definition) is 3. The lowest BCUT2D eigenvalue weighted by Crippen LogP contribution is -2.32. The van der Waals surface area contributed by atoms with E-state index in [2.05, 4.69) is 10.6 Å². The van der Waals surface area contributed by atoms with Crippen molar-refractivity contribution in [1.82, 2.24) is 5.32 Å². The zero-order valence-corrected chi connectivity index (χ0v) is 11.0. The Bertz CT molecular complexity index is 376. The lowest BCUT2D eigenvalue weighted by atomic mass is 10.2. The van der Waals surface area contributed by atoms with Crippen LogP contribution >= 0.6 is 23.2 Å². The van der Waals surface area contributed by atoms with Crippen LogP contribution in [0.1, 0.15) is 13.3 Å². The Morgan fingerprint density at radius 3 is 2.47 bits per heavy atom. The summed E-state index contributed by atoms with van der Waals surface area (Å²) in [6.45, 7) is 2.41. The maximum Gasteiger partial charge on any atom is 0.319 e. The van der Waals surface area contributed by atoms with Gasteiger partial charge in [-0.15, -0.1) is 0 Å². The molecule has 0 aromatic heterocycles. The van der Waals surface area contributed by atoms with Crippen molar-refractivity contribution in [1.29, 1.82) is 0 Å². The number of benzene rings is 1. The fraction of sp³-hybridized carbons (Fsp3) is 0.364. The van der Waals surface area contributed by atoms with E-state index in [0.717, 1.165) is 6.42 Å². The second kappa shape index (κ2) is 6.69. The van der Waals surface area contributed by atoms with Gasteiger partial charge in [0.15, 0.2) is 0 Å². The number of hydrogen-bond acceptors (Lipinski definition) is 2. The summed E-state index contributed by atoms with van der Waals surface area (Å²) in [5.41, 5.74) is 6.12. The number of anilines is 1. The van der Waals surface area contributed by atoms with Crippen molar-refractivity contribution in [2.75, 3.05) is 11.9 Å². The van der Waals surface area contributed by atoms with Gasteiger partial charge in [-0.1, -0.05) is 23.2 Å². The second-order valence-corrected chi connectivity index (χ2v) is 4.68. The van der Waals surface area contributed by atoms with Gasteiger partial charge in [0.25, 0.3) is 0 Å². The van der Waals surface area contributed by atoms with E-state index in [1.807, 2.05) is 6.92 Å². The Hall–Kier alpha value is -0.970. The van der Waals surface area contributed by atoms with Crippen molar-refractivity contribution in [2.45, 2.75) is 19.4 Å². The minimum Gasteiger partial charge on any atom is -0.338 e. The number of carbonyl (C=O) groups excluding carboxylic acids is 1. The molecule has 1 rings (SSSR count). The molecule has 0 radical (unpaired) electrons. The molecular formula is C11H15Cl2N3O. The third-order valence-corrected chi connectivity index (χ3v) is 2.44. The molecule has 1 aromatic carbocycles. The molecule has 0 saturated carbocycles. The van der Waals surface area contributed by atoms with Crippen molar-refractivity contribution in [3.05, 3.63) is 28.2 Å². The zero-order valence-electron chi connectivity index (χ0n) is 9.47. The van der Waals surface area contributed by atoms with E-state index < -0.39 is 0 Å². The van der Waals surface area contributed by atoms with Crippen molar-refractivity contribution >= 4 is 34.9 Å². The van der Waals surface area contributed by atoms with Crippen LogP contribution in [0.3, 0.4) is 0 Å². The first-order valence-electron chi connectivity index (χ1n) is 5.24. The largest absolute Gasteiger partial charge is 0.338 e. The van der Waals surface area contributed by atoms with Crippen LogP contribution in [0.2, 0.25) is 10.0 Å². The van der Waals surface area contributed by atoms with Gasteiger partial charge in [0.1, 0.15) is 0 Å². The maximum absolute atomic E-state index is 11.5. The van der Waals surface area contributed by atoms with Crippen LogP contribution in [-0.4, -0.2) is 18.6 Å². The van der Waals surface area contributed by atoms with Crippen LogP contribution in [0.15, 0.2) is 18.2 Å². The standard InChI is InChI=1S/C11H15Cl2N3O/c1-7(14)2-3-15-11(17)16-10-5-8(12)4-9(13)6-10/h4-7H,2-3,14H2,1H3,(H2,15,16,17). The Morgan fingerprint density at radius 2 is 1.94 bits per heavy atom. The zero-order chi connectivity index (χ0) is 12.8. The topological polar surface area (TPSA) is 67.1 Å². The summed E-state index contributed by atoms with van der Waals surface area (Å²) >= 11 is 11.6. The van der Waals surface area contributed by atoms with Gasteiger partial charge in [-0.3, -0.25) is 0 Å². The third kappa shape index (κ3) is 5.77. The molecule has 0 aliphatic rings. The number of urea groups is 1. The van der Waals surface area contributed by atoms with Crippen LogP contribution in [0, 0.1) is 0 Å². The monoisotopic (exact) mass is 275 g/mol. The maximum atomic E-state index is 11.5. The van der Waals surface area contributed by atoms with Gasteiger partial charge in [-0.2, -0.15) is 0 Å². The molecule has 0 aliphatic carbocycles. The summed E-state index contributed by atoms with van der Waals surface area (Å²) < 4.78 is 0. The Morgan fingerprint density at radius 1 is 1.35 bits per heavy atom. The molecule has 1 aromatic rings. The average molecular weight is 276 g/mol. The third-order valence-electron chi connectivity index (χ3n) is 2.01. The number of nitrogens with two attached hydrogens (primary N) is 1. The van der Waals surface area contributed by atoms with E-state index in [1.165, 1.54) is 0 Å². The molecular weight excluding hydrogens is 261 g/mol. The number of amides is 2. The van der Waals surface area contributed by atoms with Gasteiger partial charge >= 0.3 is 6.03 Å². The van der Waals surface area contributed by atoms with Crippen molar-refractivity contribution in [3.63, 3.8) is 0 Å². The highest BCUT2D eigenvalue weighted by molar-refractivity contribution is 6.35. The molecule has 0 saturated heterocycles. The summed E-state index contributed by atoms with van der Waals surface area (Å²) in [5.74, 6) is 0. The van der Waals surface area contributed by atoms with Gasteiger partial charge in [-0.05, 0) is 31.5 Å². The minimum atomic E-state index is -0.302. The van der Waals surface area contributed by atoms with Crippen LogP contribution in [0.25, 0.3) is 0 Å². The Balaban J connectivity index is 2.45. The highest BCUT2D eigenvalue weighted by Crippen LogP contribution is 2.22. The van der Waals surface area contributed by atoms with Gasteiger partial charge in [-0.25, -0.2) is 4.79 Å². The molecule has 17 heavy (non-hydrogen) atoms. The van der Waals surface area contributed by atoms with E-state index in [4.69, 9.17) is 28.9 Å². The van der Waals surface area contributed by atoms with E-state index in [9.17, 15) is 4.79 Å². The average Bonchev–Trinajstić information content (AvgIpc) is 2.14. The van der Waals surface area contributed by atoms with E-state index in [-0.39, 0.29) is 12.1 Å². The smallest absolute Gasteiger partial charge is 0.319 e. The van der Waals surface area contributed by atoms with E-state index in [0.29, 0.717) is 22.3 Å². The molecule has 0 bridgehead atoms. The summed E-state index contributed by atoms with van der Waals surface area (Å²) in [4.78, 5) is 11.5. The van der Waals surface area contributed by atoms with Crippen LogP contribution < -0.4 is 16.4 Å². The highest BCUT2D eigenvalue weighted by Gasteiger charge is 2.03. The highest BCUT2D eigenvalue weighted by atomic mass is 35.5. The van der Waals surface area contributed by atoms with Crippen molar-refractivity contribution in [2.24, 2.45) is 5.73 Å². The normalized spacial score (nSPS) is 12.0. The fourth-order valence-corrected chi connectivity index (χ4v) is 1.74. The Labute approximate surface area is 110 Å². The first-order valence-corrected chi connectivity index (χ1v) is 5.99. The van der Waals surface area contributed by atoms with E-state index >= 15 is 0 Å². The molecule has 0 heterocycles. The number of halogens is 2. The molecule has 1 atom stereocenters. The van der Waals surface area contributed by atoms with E-state index in [1.54, 1.807) is 18.2 Å². The molecule has 0 spiro atoms. The number of nitrogens with one attached hydrogen (secondary N) is 2. The number of rotatable bonds is 4. The van der Waals surface area contributed by atoms with Crippen molar-refractivity contribution in [3.8, 4) is 0 Å². The van der Waals surface area contributed by atoms with Crippen LogP contribution in [0.5, 0.6) is 0 Å². The quantitative estimate of drug-likeness (QED) is 0.791. The second-order valence-electron chi connectivity index (χ2n) is 3.80. The Kier molecular flexibility index (Phi) is 5.55. The molecule has 6 heteroatoms. The molecule has 4 N–H and O–H groups in total. The molecule has 0 fully saturated rings. The van der Waals surface area contributed by atoms with Gasteiger partial charge in [0.05, 0.1) is 0 Å². The lowest BCUT2D eigenvalue weighted by Gasteiger charge is -2.09. The number of carbonyl (C=O) groups is 1. The van der Waals surface area contributed by atoms with Crippen LogP contribution in [0.4, 0.5) is 10.5 Å². The summed E-state index contributed by atoms with van der Waals surface area (Å²) in [6.07, 6.45) is 0.726. The minimum absolute atomic E-state index is 0.0657. The van der Waals surface area contributed by atoms with Crippen LogP contribution in [-0.2, 0) is 0 Å². The molecule has 4 nitrogen and oxygen atoms in total.